The Bertz CT molecular complexity index is 632. The first-order valence-corrected chi connectivity index (χ1v) is 6.74. The molecule has 0 saturated carbocycles. The van der Waals surface area contributed by atoms with Gasteiger partial charge in [-0.25, -0.2) is 0 Å². The van der Waals surface area contributed by atoms with Crippen LogP contribution in [0.15, 0.2) is 0 Å². The van der Waals surface area contributed by atoms with Gasteiger partial charge in [0.05, 0.1) is 0 Å². The fourth-order valence-corrected chi connectivity index (χ4v) is 1.64. The largest absolute Gasteiger partial charge is 0.460 e. The topological polar surface area (TPSA) is 0 Å². The van der Waals surface area contributed by atoms with E-state index < -0.39 is 66.7 Å². The molecule has 188 valence electrons. The Balaban J connectivity index is 6.16. The van der Waals surface area contributed by atoms with Crippen LogP contribution in [0.25, 0.3) is 0 Å². The van der Waals surface area contributed by atoms with E-state index in [2.05, 4.69) is 0 Å². The highest BCUT2D eigenvalue weighted by Crippen LogP contribution is 2.61. The van der Waals surface area contributed by atoms with Crippen LogP contribution in [0.2, 0.25) is 0 Å². The molecule has 20 heteroatoms. The third-order valence-corrected chi connectivity index (χ3v) is 3.57. The minimum Gasteiger partial charge on any atom is -0.200 e. The summed E-state index contributed by atoms with van der Waals surface area (Å²) in [6, 6.07) is 0. The molecule has 0 spiro atoms. The SMILES string of the molecule is FC(F)(F)C(F)(F)C(F)(F)CCC(F)(F)C(F)(F)C(F)(F)C(F)(F)C(F)(F)C(F)(F)F. The van der Waals surface area contributed by atoms with Gasteiger partial charge in [-0.3, -0.25) is 0 Å². The van der Waals surface area contributed by atoms with Crippen LogP contribution in [0.4, 0.5) is 87.8 Å². The highest BCUT2D eigenvalue weighted by molar-refractivity contribution is 5.10. The molecule has 0 saturated heterocycles. The Labute approximate surface area is 156 Å². The Morgan fingerprint density at radius 3 is 0.742 bits per heavy atom. The zero-order chi connectivity index (χ0) is 25.9. The summed E-state index contributed by atoms with van der Waals surface area (Å²) in [5.74, 6) is -54.2. The van der Waals surface area contributed by atoms with Crippen LogP contribution in [-0.2, 0) is 0 Å². The van der Waals surface area contributed by atoms with Gasteiger partial charge in [-0.1, -0.05) is 0 Å². The van der Waals surface area contributed by atoms with Gasteiger partial charge in [0.15, 0.2) is 0 Å². The lowest BCUT2D eigenvalue weighted by atomic mass is 9.90. The highest BCUT2D eigenvalue weighted by atomic mass is 19.4. The van der Waals surface area contributed by atoms with Gasteiger partial charge in [0.2, 0.25) is 0 Å². The van der Waals surface area contributed by atoms with Gasteiger partial charge in [-0.2, -0.15) is 87.8 Å². The van der Waals surface area contributed by atoms with Crippen molar-refractivity contribution in [3.05, 3.63) is 0 Å². The van der Waals surface area contributed by atoms with E-state index >= 15 is 0 Å². The summed E-state index contributed by atoms with van der Waals surface area (Å²) in [5, 5.41) is 0. The molecule has 0 aromatic heterocycles. The molecule has 0 atom stereocenters. The molecule has 0 aromatic carbocycles. The molecule has 31 heavy (non-hydrogen) atoms. The van der Waals surface area contributed by atoms with E-state index in [1.54, 1.807) is 0 Å². The lowest BCUT2D eigenvalue weighted by molar-refractivity contribution is -0.441. The lowest BCUT2D eigenvalue weighted by Gasteiger charge is -2.40. The third kappa shape index (κ3) is 4.30. The quantitative estimate of drug-likeness (QED) is 0.297. The molecule has 0 rings (SSSR count). The summed E-state index contributed by atoms with van der Waals surface area (Å²) in [6.45, 7) is 0. The van der Waals surface area contributed by atoms with Gasteiger partial charge in [0.1, 0.15) is 0 Å². The normalized spacial score (nSPS) is 16.6. The molecule has 0 aliphatic carbocycles. The Hall–Kier alpha value is -1.40. The summed E-state index contributed by atoms with van der Waals surface area (Å²) in [6.07, 6.45) is -22.6. The Morgan fingerprint density at radius 1 is 0.258 bits per heavy atom. The maximum atomic E-state index is 13.2. The second-order valence-corrected chi connectivity index (χ2v) is 5.78. The molecule has 0 radical (unpaired) electrons. The van der Waals surface area contributed by atoms with Crippen molar-refractivity contribution in [3.8, 4) is 0 Å². The minimum atomic E-state index is -8.38. The number of alkyl halides is 20. The fraction of sp³-hybridized carbons (Fsp3) is 1.00. The van der Waals surface area contributed by atoms with Crippen LogP contribution < -0.4 is 0 Å². The summed E-state index contributed by atoms with van der Waals surface area (Å²) in [7, 11) is 0. The van der Waals surface area contributed by atoms with Crippen LogP contribution in [0, 0.1) is 0 Å². The molecule has 0 aliphatic heterocycles. The maximum absolute atomic E-state index is 13.2. The van der Waals surface area contributed by atoms with Crippen LogP contribution in [0.1, 0.15) is 12.8 Å². The minimum absolute atomic E-state index is 3.76. The zero-order valence-electron chi connectivity index (χ0n) is 13.5. The van der Waals surface area contributed by atoms with Crippen molar-refractivity contribution in [3.63, 3.8) is 0 Å². The Morgan fingerprint density at radius 2 is 0.484 bits per heavy atom. The average molecular weight is 516 g/mol. The van der Waals surface area contributed by atoms with Gasteiger partial charge < -0.3 is 0 Å². The smallest absolute Gasteiger partial charge is 0.200 e. The van der Waals surface area contributed by atoms with Gasteiger partial charge in [-0.15, -0.1) is 0 Å². The van der Waals surface area contributed by atoms with Crippen molar-refractivity contribution in [2.24, 2.45) is 0 Å². The molecule has 0 aliphatic rings. The number of hydrogen-bond donors (Lipinski definition) is 0. The standard InChI is InChI=1S/C11H4F20/c12-3(13,1-2-4(14,15)6(18,19)10(26,27)28)5(16,17)7(20,21)8(22,23)9(24,25)11(29,30)31/h1-2H2. The van der Waals surface area contributed by atoms with Crippen molar-refractivity contribution in [2.45, 2.75) is 66.7 Å². The summed E-state index contributed by atoms with van der Waals surface area (Å²) in [5.41, 5.74) is 0. The Kier molecular flexibility index (Phi) is 6.98. The van der Waals surface area contributed by atoms with Gasteiger partial charge in [0, 0.05) is 12.8 Å². The van der Waals surface area contributed by atoms with Crippen LogP contribution in [-0.4, -0.2) is 53.8 Å². The molecule has 0 heterocycles. The lowest BCUT2D eigenvalue weighted by Crippen LogP contribution is -2.70. The van der Waals surface area contributed by atoms with E-state index in [0.717, 1.165) is 0 Å². The van der Waals surface area contributed by atoms with E-state index in [1.165, 1.54) is 0 Å². The van der Waals surface area contributed by atoms with Gasteiger partial charge >= 0.3 is 53.8 Å². The molecular weight excluding hydrogens is 512 g/mol. The second-order valence-electron chi connectivity index (χ2n) is 5.78. The zero-order valence-corrected chi connectivity index (χ0v) is 13.5. The molecular formula is C11H4F20. The molecule has 0 amide bonds. The molecule has 0 unspecified atom stereocenters. The van der Waals surface area contributed by atoms with E-state index in [-0.39, 0.29) is 0 Å². The second kappa shape index (κ2) is 7.31. The average Bonchev–Trinajstić information content (AvgIpc) is 2.50. The van der Waals surface area contributed by atoms with Crippen molar-refractivity contribution in [1.82, 2.24) is 0 Å². The summed E-state index contributed by atoms with van der Waals surface area (Å²) >= 11 is 0. The summed E-state index contributed by atoms with van der Waals surface area (Å²) in [4.78, 5) is 0. The molecule has 0 fully saturated rings. The van der Waals surface area contributed by atoms with Gasteiger partial charge in [0.25, 0.3) is 0 Å². The van der Waals surface area contributed by atoms with Crippen LogP contribution in [0.5, 0.6) is 0 Å². The highest BCUT2D eigenvalue weighted by Gasteiger charge is 2.90. The predicted octanol–water partition coefficient (Wildman–Crippen LogP) is 7.34. The third-order valence-electron chi connectivity index (χ3n) is 3.57. The van der Waals surface area contributed by atoms with E-state index in [1.807, 2.05) is 0 Å². The maximum Gasteiger partial charge on any atom is 0.460 e. The van der Waals surface area contributed by atoms with Crippen LogP contribution in [0.3, 0.4) is 0 Å². The van der Waals surface area contributed by atoms with Crippen molar-refractivity contribution < 1.29 is 87.8 Å². The first kappa shape index (κ1) is 29.6. The van der Waals surface area contributed by atoms with E-state index in [9.17, 15) is 87.8 Å². The van der Waals surface area contributed by atoms with Crippen molar-refractivity contribution in [2.75, 3.05) is 0 Å². The van der Waals surface area contributed by atoms with Gasteiger partial charge in [-0.05, 0) is 0 Å². The number of halogens is 20. The first-order valence-electron chi connectivity index (χ1n) is 6.74. The number of rotatable bonds is 8. The van der Waals surface area contributed by atoms with E-state index in [4.69, 9.17) is 0 Å². The predicted molar refractivity (Wildman–Crippen MR) is 56.0 cm³/mol. The van der Waals surface area contributed by atoms with E-state index in [0.29, 0.717) is 0 Å². The fourth-order valence-electron chi connectivity index (χ4n) is 1.64. The summed E-state index contributed by atoms with van der Waals surface area (Å²) < 4.78 is 251. The molecule has 0 bridgehead atoms. The number of hydrogen-bond acceptors (Lipinski definition) is 0. The first-order chi connectivity index (χ1) is 13.0. The van der Waals surface area contributed by atoms with Crippen LogP contribution >= 0.6 is 0 Å². The van der Waals surface area contributed by atoms with Crippen molar-refractivity contribution >= 4 is 0 Å². The van der Waals surface area contributed by atoms with Crippen molar-refractivity contribution in [1.29, 1.82) is 0 Å². The monoisotopic (exact) mass is 516 g/mol. The molecule has 0 aromatic rings. The molecule has 0 N–H and O–H groups in total. The molecule has 0 nitrogen and oxygen atoms in total.